The molecule has 8 heteroatoms. The zero-order chi connectivity index (χ0) is 26.9. The Labute approximate surface area is 230 Å². The number of piperazine rings is 1. The number of amides is 1. The third-order valence-corrected chi connectivity index (χ3v) is 8.59. The fourth-order valence-corrected chi connectivity index (χ4v) is 6.36. The molecule has 0 bridgehead atoms. The summed E-state index contributed by atoms with van der Waals surface area (Å²) < 4.78 is 6.29. The Morgan fingerprint density at radius 1 is 1.08 bits per heavy atom. The van der Waals surface area contributed by atoms with Crippen LogP contribution in [-0.4, -0.2) is 84.1 Å². The van der Waals surface area contributed by atoms with Crippen LogP contribution in [0.2, 0.25) is 0 Å². The van der Waals surface area contributed by atoms with E-state index in [-0.39, 0.29) is 11.9 Å². The Bertz CT molecular complexity index is 1370. The number of hydrogen-bond donors (Lipinski definition) is 0. The number of likely N-dealkylation sites (N-methyl/N-ethyl adjacent to an activating group) is 1. The SMILES string of the molecule is C=CC(=O)N1CCN(c2nc(OCC3CCCN3C)nc3c2CCN(c2cccc4ccccc24)C3)C[C@H]1C. The summed E-state index contributed by atoms with van der Waals surface area (Å²) in [6.45, 7) is 11.2. The molecular weight excluding hydrogens is 488 g/mol. The molecule has 3 aliphatic rings. The molecule has 2 atom stereocenters. The average molecular weight is 527 g/mol. The van der Waals surface area contributed by atoms with Gasteiger partial charge in [0, 0.05) is 54.9 Å². The van der Waals surface area contributed by atoms with Gasteiger partial charge in [0.15, 0.2) is 0 Å². The van der Waals surface area contributed by atoms with Gasteiger partial charge in [-0.15, -0.1) is 0 Å². The lowest BCUT2D eigenvalue weighted by Gasteiger charge is -2.41. The number of likely N-dealkylation sites (tertiary alicyclic amines) is 1. The van der Waals surface area contributed by atoms with Gasteiger partial charge in [-0.2, -0.15) is 9.97 Å². The van der Waals surface area contributed by atoms with Crippen LogP contribution in [0.4, 0.5) is 11.5 Å². The number of hydrogen-bond acceptors (Lipinski definition) is 7. The highest BCUT2D eigenvalue weighted by Crippen LogP contribution is 2.34. The van der Waals surface area contributed by atoms with Crippen LogP contribution < -0.4 is 14.5 Å². The molecule has 4 heterocycles. The molecule has 0 saturated carbocycles. The Kier molecular flexibility index (Phi) is 7.12. The number of anilines is 2. The number of benzene rings is 2. The first-order valence-electron chi connectivity index (χ1n) is 14.2. The highest BCUT2D eigenvalue weighted by molar-refractivity contribution is 5.94. The van der Waals surface area contributed by atoms with E-state index in [9.17, 15) is 4.79 Å². The van der Waals surface area contributed by atoms with Crippen LogP contribution in [0.25, 0.3) is 10.8 Å². The lowest BCUT2D eigenvalue weighted by Crippen LogP contribution is -2.54. The smallest absolute Gasteiger partial charge is 0.318 e. The number of nitrogens with zero attached hydrogens (tertiary/aromatic N) is 6. The van der Waals surface area contributed by atoms with E-state index in [2.05, 4.69) is 77.7 Å². The lowest BCUT2D eigenvalue weighted by molar-refractivity contribution is -0.128. The molecule has 2 saturated heterocycles. The first kappa shape index (κ1) is 25.6. The maximum atomic E-state index is 12.3. The van der Waals surface area contributed by atoms with Crippen LogP contribution >= 0.6 is 0 Å². The minimum absolute atomic E-state index is 0.0118. The number of rotatable bonds is 6. The van der Waals surface area contributed by atoms with Crippen molar-refractivity contribution in [2.45, 2.75) is 44.8 Å². The van der Waals surface area contributed by atoms with Gasteiger partial charge in [0.2, 0.25) is 5.91 Å². The molecule has 1 amide bonds. The summed E-state index contributed by atoms with van der Waals surface area (Å²) in [6, 6.07) is 16.0. The van der Waals surface area contributed by atoms with E-state index in [4.69, 9.17) is 14.7 Å². The van der Waals surface area contributed by atoms with Crippen molar-refractivity contribution in [3.8, 4) is 6.01 Å². The van der Waals surface area contributed by atoms with Crippen molar-refractivity contribution in [1.29, 1.82) is 0 Å². The molecule has 1 unspecified atom stereocenters. The molecular formula is C31H38N6O2. The zero-order valence-electron chi connectivity index (χ0n) is 23.1. The van der Waals surface area contributed by atoms with Gasteiger partial charge < -0.3 is 24.3 Å². The second-order valence-corrected chi connectivity index (χ2v) is 11.0. The summed E-state index contributed by atoms with van der Waals surface area (Å²) in [5.74, 6) is 0.951. The molecule has 3 aromatic rings. The van der Waals surface area contributed by atoms with Crippen LogP contribution in [0.5, 0.6) is 6.01 Å². The summed E-state index contributed by atoms with van der Waals surface area (Å²) in [5, 5.41) is 2.50. The number of carbonyl (C=O) groups is 1. The van der Waals surface area contributed by atoms with Crippen molar-refractivity contribution in [2.24, 2.45) is 0 Å². The van der Waals surface area contributed by atoms with E-state index in [1.54, 1.807) is 0 Å². The largest absolute Gasteiger partial charge is 0.462 e. The third kappa shape index (κ3) is 5.05. The predicted octanol–water partition coefficient (Wildman–Crippen LogP) is 3.89. The number of ether oxygens (including phenoxy) is 1. The first-order valence-corrected chi connectivity index (χ1v) is 14.2. The molecule has 204 valence electrons. The van der Waals surface area contributed by atoms with Crippen LogP contribution in [0.15, 0.2) is 55.1 Å². The van der Waals surface area contributed by atoms with Gasteiger partial charge in [-0.25, -0.2) is 0 Å². The number of carbonyl (C=O) groups excluding carboxylic acids is 1. The lowest BCUT2D eigenvalue weighted by atomic mass is 10.0. The summed E-state index contributed by atoms with van der Waals surface area (Å²) in [7, 11) is 2.16. The third-order valence-electron chi connectivity index (χ3n) is 8.59. The topological polar surface area (TPSA) is 65.0 Å². The van der Waals surface area contributed by atoms with Crippen LogP contribution in [0.1, 0.15) is 31.0 Å². The standard InChI is InChI=1S/C31H38N6O2/c1-4-29(38)37-18-17-36(19-22(37)2)30-26-14-16-35(28-13-7-10-23-9-5-6-12-25(23)28)20-27(26)32-31(33-30)39-21-24-11-8-15-34(24)3/h4-7,9-10,12-13,22,24H,1,8,11,14-21H2,2-3H3/t22-,24?/m1/s1. The highest BCUT2D eigenvalue weighted by Gasteiger charge is 2.32. The minimum Gasteiger partial charge on any atom is -0.462 e. The fraction of sp³-hybridized carbons (Fsp3) is 0.452. The maximum absolute atomic E-state index is 12.3. The van der Waals surface area contributed by atoms with Crippen molar-refractivity contribution in [3.63, 3.8) is 0 Å². The van der Waals surface area contributed by atoms with E-state index in [0.29, 0.717) is 31.7 Å². The molecule has 0 radical (unpaired) electrons. The highest BCUT2D eigenvalue weighted by atomic mass is 16.5. The van der Waals surface area contributed by atoms with Gasteiger partial charge in [-0.3, -0.25) is 4.79 Å². The molecule has 2 fully saturated rings. The molecule has 1 aromatic heterocycles. The van der Waals surface area contributed by atoms with Gasteiger partial charge in [0.25, 0.3) is 0 Å². The van der Waals surface area contributed by atoms with Gasteiger partial charge in [-0.1, -0.05) is 43.0 Å². The molecule has 0 spiro atoms. The van der Waals surface area contributed by atoms with Crippen molar-refractivity contribution < 1.29 is 9.53 Å². The monoisotopic (exact) mass is 526 g/mol. The summed E-state index contributed by atoms with van der Waals surface area (Å²) in [4.78, 5) is 31.3. The maximum Gasteiger partial charge on any atom is 0.318 e. The molecule has 8 nitrogen and oxygen atoms in total. The van der Waals surface area contributed by atoms with Crippen LogP contribution in [-0.2, 0) is 17.8 Å². The van der Waals surface area contributed by atoms with Crippen molar-refractivity contribution in [1.82, 2.24) is 19.8 Å². The van der Waals surface area contributed by atoms with Crippen LogP contribution in [0, 0.1) is 0 Å². The summed E-state index contributed by atoms with van der Waals surface area (Å²) >= 11 is 0. The predicted molar refractivity (Wildman–Crippen MR) is 155 cm³/mol. The fourth-order valence-electron chi connectivity index (χ4n) is 6.36. The quantitative estimate of drug-likeness (QED) is 0.452. The molecule has 0 aliphatic carbocycles. The van der Waals surface area contributed by atoms with Crippen molar-refractivity contribution in [2.75, 3.05) is 56.2 Å². The van der Waals surface area contributed by atoms with Gasteiger partial charge in [0.1, 0.15) is 12.4 Å². The van der Waals surface area contributed by atoms with Crippen LogP contribution in [0.3, 0.4) is 0 Å². The van der Waals surface area contributed by atoms with E-state index in [0.717, 1.165) is 50.5 Å². The van der Waals surface area contributed by atoms with Gasteiger partial charge in [0.05, 0.1) is 12.2 Å². The molecule has 6 rings (SSSR count). The normalized spacial score (nSPS) is 21.7. The van der Waals surface area contributed by atoms with Gasteiger partial charge in [-0.05, 0) is 57.3 Å². The molecule has 3 aliphatic heterocycles. The molecule has 0 N–H and O–H groups in total. The van der Waals surface area contributed by atoms with E-state index in [1.165, 1.54) is 34.5 Å². The Hall–Kier alpha value is -3.65. The first-order chi connectivity index (χ1) is 19.0. The molecule has 2 aromatic carbocycles. The second-order valence-electron chi connectivity index (χ2n) is 11.0. The Balaban J connectivity index is 1.31. The van der Waals surface area contributed by atoms with E-state index in [1.807, 2.05) is 4.90 Å². The minimum atomic E-state index is -0.0118. The average Bonchev–Trinajstić information content (AvgIpc) is 3.38. The second kappa shape index (κ2) is 10.8. The Morgan fingerprint density at radius 2 is 1.92 bits per heavy atom. The Morgan fingerprint density at radius 3 is 2.72 bits per heavy atom. The number of aromatic nitrogens is 2. The summed E-state index contributed by atoms with van der Waals surface area (Å²) in [5.41, 5.74) is 3.47. The van der Waals surface area contributed by atoms with E-state index < -0.39 is 0 Å². The van der Waals surface area contributed by atoms with E-state index >= 15 is 0 Å². The van der Waals surface area contributed by atoms with Crippen molar-refractivity contribution >= 4 is 28.2 Å². The zero-order valence-corrected chi connectivity index (χ0v) is 23.1. The summed E-state index contributed by atoms with van der Waals surface area (Å²) in [6.07, 6.45) is 4.61. The van der Waals surface area contributed by atoms with Crippen molar-refractivity contribution in [3.05, 3.63) is 66.4 Å². The molecule has 39 heavy (non-hydrogen) atoms. The van der Waals surface area contributed by atoms with Gasteiger partial charge >= 0.3 is 6.01 Å². The number of fused-ring (bicyclic) bond motifs is 2.